The van der Waals surface area contributed by atoms with Crippen molar-refractivity contribution in [1.82, 2.24) is 9.47 Å². The summed E-state index contributed by atoms with van der Waals surface area (Å²) >= 11 is 1.31. The molecule has 1 fully saturated rings. The van der Waals surface area contributed by atoms with E-state index >= 15 is 0 Å². The minimum atomic E-state index is -4.57. The number of aryl methyl sites for hydroxylation is 1. The van der Waals surface area contributed by atoms with Gasteiger partial charge in [-0.2, -0.15) is 13.2 Å². The molecule has 0 aliphatic carbocycles. The van der Waals surface area contributed by atoms with Crippen LogP contribution in [0.4, 0.5) is 18.9 Å². The van der Waals surface area contributed by atoms with Crippen LogP contribution in [-0.2, 0) is 13.2 Å². The summed E-state index contributed by atoms with van der Waals surface area (Å²) < 4.78 is 46.6. The number of likely N-dealkylation sites (tertiary alicyclic amines) is 1. The first-order valence-corrected chi connectivity index (χ1v) is 12.2. The molecule has 3 aromatic rings. The van der Waals surface area contributed by atoms with E-state index in [4.69, 9.17) is 4.74 Å². The number of piperidine rings is 1. The van der Waals surface area contributed by atoms with Gasteiger partial charge in [0.15, 0.2) is 0 Å². The van der Waals surface area contributed by atoms with Gasteiger partial charge < -0.3 is 19.5 Å². The van der Waals surface area contributed by atoms with Gasteiger partial charge in [-0.3, -0.25) is 9.59 Å². The smallest absolute Gasteiger partial charge is 0.418 e. The fraction of sp³-hybridized carbons (Fsp3) is 0.360. The highest BCUT2D eigenvalue weighted by Gasteiger charge is 2.38. The average molecular weight is 506 g/mol. The van der Waals surface area contributed by atoms with E-state index in [-0.39, 0.29) is 17.4 Å². The Morgan fingerprint density at radius 3 is 2.43 bits per heavy atom. The lowest BCUT2D eigenvalue weighted by Crippen LogP contribution is -2.38. The van der Waals surface area contributed by atoms with E-state index < -0.39 is 17.6 Å². The van der Waals surface area contributed by atoms with E-state index in [9.17, 15) is 22.8 Å². The van der Waals surface area contributed by atoms with Crippen molar-refractivity contribution in [3.05, 3.63) is 69.7 Å². The SMILES string of the molecule is CCOc1ccsc1C(=O)Nc1ccc(C2CCN(C(=O)c3cn(C)cc3C(F)(F)F)CC2)cc1. The number of halogens is 3. The largest absolute Gasteiger partial charge is 0.492 e. The number of aromatic nitrogens is 1. The number of carbonyl (C=O) groups is 2. The number of amides is 2. The van der Waals surface area contributed by atoms with Crippen molar-refractivity contribution in [2.24, 2.45) is 7.05 Å². The lowest BCUT2D eigenvalue weighted by molar-refractivity contribution is -0.138. The van der Waals surface area contributed by atoms with Crippen LogP contribution in [-0.4, -0.2) is 41.0 Å². The second-order valence-corrected chi connectivity index (χ2v) is 9.35. The number of nitrogens with zero attached hydrogens (tertiary/aromatic N) is 2. The fourth-order valence-electron chi connectivity index (χ4n) is 4.32. The second-order valence-electron chi connectivity index (χ2n) is 8.44. The lowest BCUT2D eigenvalue weighted by atomic mass is 9.89. The monoisotopic (exact) mass is 505 g/mol. The van der Waals surface area contributed by atoms with Gasteiger partial charge in [-0.25, -0.2) is 0 Å². The van der Waals surface area contributed by atoms with E-state index in [1.165, 1.54) is 34.0 Å². The summed E-state index contributed by atoms with van der Waals surface area (Å²) in [6, 6.07) is 9.31. The van der Waals surface area contributed by atoms with Crippen LogP contribution in [0, 0.1) is 0 Å². The van der Waals surface area contributed by atoms with Gasteiger partial charge >= 0.3 is 6.18 Å². The van der Waals surface area contributed by atoms with E-state index in [2.05, 4.69) is 5.32 Å². The summed E-state index contributed by atoms with van der Waals surface area (Å²) in [5.74, 6) is -0.0779. The Balaban J connectivity index is 1.36. The van der Waals surface area contributed by atoms with Crippen molar-refractivity contribution < 1.29 is 27.5 Å². The summed E-state index contributed by atoms with van der Waals surface area (Å²) in [4.78, 5) is 27.4. The number of nitrogens with one attached hydrogen (secondary N) is 1. The molecule has 10 heteroatoms. The molecule has 0 saturated carbocycles. The maximum absolute atomic E-state index is 13.3. The van der Waals surface area contributed by atoms with Crippen molar-refractivity contribution in [3.8, 4) is 5.75 Å². The highest BCUT2D eigenvalue weighted by Crippen LogP contribution is 2.35. The third kappa shape index (κ3) is 5.53. The molecule has 186 valence electrons. The van der Waals surface area contributed by atoms with Gasteiger partial charge in [0.25, 0.3) is 11.8 Å². The molecule has 6 nitrogen and oxygen atoms in total. The summed E-state index contributed by atoms with van der Waals surface area (Å²) in [5, 5.41) is 4.68. The summed E-state index contributed by atoms with van der Waals surface area (Å²) in [7, 11) is 1.47. The van der Waals surface area contributed by atoms with Crippen LogP contribution in [0.2, 0.25) is 0 Å². The Labute approximate surface area is 205 Å². The molecule has 35 heavy (non-hydrogen) atoms. The molecule has 1 N–H and O–H groups in total. The molecular weight excluding hydrogens is 479 g/mol. The lowest BCUT2D eigenvalue weighted by Gasteiger charge is -2.32. The molecule has 0 spiro atoms. The zero-order valence-electron chi connectivity index (χ0n) is 19.4. The second kappa shape index (κ2) is 10.2. The topological polar surface area (TPSA) is 63.6 Å². The maximum Gasteiger partial charge on any atom is 0.418 e. The van der Waals surface area contributed by atoms with Crippen molar-refractivity contribution in [3.63, 3.8) is 0 Å². The van der Waals surface area contributed by atoms with Gasteiger partial charge in [0.05, 0.1) is 17.7 Å². The van der Waals surface area contributed by atoms with Crippen molar-refractivity contribution >= 4 is 28.8 Å². The molecule has 1 aliphatic rings. The Kier molecular flexibility index (Phi) is 7.20. The Bertz CT molecular complexity index is 1190. The zero-order chi connectivity index (χ0) is 25.2. The first kappa shape index (κ1) is 24.8. The standard InChI is InChI=1S/C25H26F3N3O3S/c1-3-34-21-10-13-35-22(21)23(32)29-18-6-4-16(5-7-18)17-8-11-31(12-9-17)24(33)19-14-30(2)15-20(19)25(26,27)28/h4-7,10,13-15,17H,3,8-9,11-12H2,1-2H3,(H,29,32). The van der Waals surface area contributed by atoms with Crippen LogP contribution in [0.1, 0.15) is 56.8 Å². The zero-order valence-corrected chi connectivity index (χ0v) is 20.2. The molecule has 0 radical (unpaired) electrons. The first-order chi connectivity index (χ1) is 16.7. The van der Waals surface area contributed by atoms with E-state index in [0.29, 0.717) is 48.9 Å². The molecular formula is C25H26F3N3O3S. The van der Waals surface area contributed by atoms with Crippen molar-refractivity contribution in [2.45, 2.75) is 31.9 Å². The number of ether oxygens (including phenoxy) is 1. The molecule has 1 saturated heterocycles. The minimum absolute atomic E-state index is 0.184. The summed E-state index contributed by atoms with van der Waals surface area (Å²) in [6.45, 7) is 3.10. The number of thiophene rings is 1. The number of hydrogen-bond donors (Lipinski definition) is 1. The molecule has 2 amide bonds. The predicted molar refractivity (Wildman–Crippen MR) is 128 cm³/mol. The molecule has 0 atom stereocenters. The first-order valence-electron chi connectivity index (χ1n) is 11.3. The van der Waals surface area contributed by atoms with Crippen LogP contribution in [0.15, 0.2) is 48.1 Å². The van der Waals surface area contributed by atoms with Crippen LogP contribution < -0.4 is 10.1 Å². The van der Waals surface area contributed by atoms with E-state index in [1.807, 2.05) is 36.6 Å². The molecule has 4 rings (SSSR count). The third-order valence-corrected chi connectivity index (χ3v) is 6.94. The normalized spacial score (nSPS) is 14.7. The van der Waals surface area contributed by atoms with Gasteiger partial charge in [-0.1, -0.05) is 12.1 Å². The number of alkyl halides is 3. The number of rotatable bonds is 6. The van der Waals surface area contributed by atoms with Gasteiger partial charge in [-0.05, 0) is 54.8 Å². The molecule has 1 aromatic carbocycles. The number of benzene rings is 1. The van der Waals surface area contributed by atoms with Gasteiger partial charge in [0.2, 0.25) is 0 Å². The summed E-state index contributed by atoms with van der Waals surface area (Å²) in [6.07, 6.45) is -1.10. The Morgan fingerprint density at radius 1 is 1.11 bits per heavy atom. The van der Waals surface area contributed by atoms with Crippen molar-refractivity contribution in [2.75, 3.05) is 25.0 Å². The van der Waals surface area contributed by atoms with Crippen LogP contribution in [0.5, 0.6) is 5.75 Å². The predicted octanol–water partition coefficient (Wildman–Crippen LogP) is 5.78. The Hall–Kier alpha value is -3.27. The minimum Gasteiger partial charge on any atom is -0.492 e. The molecule has 1 aliphatic heterocycles. The number of carbonyl (C=O) groups excluding carboxylic acids is 2. The van der Waals surface area contributed by atoms with Gasteiger partial charge in [-0.15, -0.1) is 11.3 Å². The molecule has 0 unspecified atom stereocenters. The quantitative estimate of drug-likeness (QED) is 0.462. The number of anilines is 1. The fourth-order valence-corrected chi connectivity index (χ4v) is 5.05. The Morgan fingerprint density at radius 2 is 1.80 bits per heavy atom. The van der Waals surface area contributed by atoms with Crippen molar-refractivity contribution in [1.29, 1.82) is 0 Å². The third-order valence-electron chi connectivity index (χ3n) is 6.05. The van der Waals surface area contributed by atoms with Crippen LogP contribution in [0.25, 0.3) is 0 Å². The average Bonchev–Trinajstić information content (AvgIpc) is 3.46. The highest BCUT2D eigenvalue weighted by molar-refractivity contribution is 7.12. The van der Waals surface area contributed by atoms with E-state index in [1.54, 1.807) is 6.07 Å². The molecule has 0 bridgehead atoms. The highest BCUT2D eigenvalue weighted by atomic mass is 32.1. The molecule has 2 aromatic heterocycles. The number of hydrogen-bond acceptors (Lipinski definition) is 4. The van der Waals surface area contributed by atoms with Crippen LogP contribution in [0.3, 0.4) is 0 Å². The van der Waals surface area contributed by atoms with Gasteiger partial charge in [0, 0.05) is 38.2 Å². The van der Waals surface area contributed by atoms with E-state index in [0.717, 1.165) is 11.8 Å². The maximum atomic E-state index is 13.3. The molecule has 3 heterocycles. The summed E-state index contributed by atoms with van der Waals surface area (Å²) in [5.41, 5.74) is 0.514. The van der Waals surface area contributed by atoms with Gasteiger partial charge in [0.1, 0.15) is 10.6 Å². The van der Waals surface area contributed by atoms with Crippen LogP contribution >= 0.6 is 11.3 Å².